The molecular weight excluding hydrogens is 438 g/mol. The summed E-state index contributed by atoms with van der Waals surface area (Å²) in [5, 5.41) is 5.58. The number of anilines is 2. The van der Waals surface area contributed by atoms with Gasteiger partial charge in [0.2, 0.25) is 5.91 Å². The Morgan fingerprint density at radius 2 is 1.80 bits per heavy atom. The molecule has 3 amide bonds. The van der Waals surface area contributed by atoms with Gasteiger partial charge in [0.25, 0.3) is 0 Å². The molecule has 1 aliphatic heterocycles. The fourth-order valence-corrected chi connectivity index (χ4v) is 4.05. The Bertz CT molecular complexity index is 1240. The number of aryl methyl sites for hydroxylation is 1. The van der Waals surface area contributed by atoms with Crippen LogP contribution in [0.3, 0.4) is 0 Å². The van der Waals surface area contributed by atoms with Crippen LogP contribution in [0, 0.1) is 18.8 Å². The SMILES string of the molecule is COc1cc(CC(=O)N2CCCC2C#Cc2ccc(C)cc2)ccc1NC(=O)Nc1ccccc1. The quantitative estimate of drug-likeness (QED) is 0.505. The number of ether oxygens (including phenoxy) is 1. The van der Waals surface area contributed by atoms with E-state index >= 15 is 0 Å². The fourth-order valence-electron chi connectivity index (χ4n) is 4.05. The van der Waals surface area contributed by atoms with E-state index in [1.54, 1.807) is 19.2 Å². The van der Waals surface area contributed by atoms with Gasteiger partial charge in [-0.1, -0.05) is 53.8 Å². The van der Waals surface area contributed by atoms with E-state index in [9.17, 15) is 9.59 Å². The molecule has 1 unspecified atom stereocenters. The van der Waals surface area contributed by atoms with Gasteiger partial charge in [-0.2, -0.15) is 0 Å². The molecular formula is C29H29N3O3. The summed E-state index contributed by atoms with van der Waals surface area (Å²) in [5.41, 5.74) is 4.19. The first-order valence-corrected chi connectivity index (χ1v) is 11.7. The molecule has 1 aliphatic rings. The molecule has 0 bridgehead atoms. The average Bonchev–Trinajstić information content (AvgIpc) is 3.34. The number of nitrogens with zero attached hydrogens (tertiary/aromatic N) is 1. The second-order valence-corrected chi connectivity index (χ2v) is 8.54. The molecule has 0 spiro atoms. The van der Waals surface area contributed by atoms with Crippen LogP contribution in [0.5, 0.6) is 5.75 Å². The van der Waals surface area contributed by atoms with Crippen LogP contribution in [-0.2, 0) is 11.2 Å². The number of likely N-dealkylation sites (tertiary alicyclic amines) is 1. The van der Waals surface area contributed by atoms with Gasteiger partial charge in [-0.05, 0) is 61.7 Å². The highest BCUT2D eigenvalue weighted by Crippen LogP contribution is 2.27. The Balaban J connectivity index is 1.39. The summed E-state index contributed by atoms with van der Waals surface area (Å²) < 4.78 is 5.47. The van der Waals surface area contributed by atoms with Gasteiger partial charge in [-0.3, -0.25) is 4.79 Å². The number of hydrogen-bond donors (Lipinski definition) is 2. The number of carbonyl (C=O) groups excluding carboxylic acids is 2. The molecule has 0 aliphatic carbocycles. The largest absolute Gasteiger partial charge is 0.495 e. The molecule has 1 saturated heterocycles. The Labute approximate surface area is 206 Å². The molecule has 1 heterocycles. The molecule has 178 valence electrons. The molecule has 3 aromatic rings. The van der Waals surface area contributed by atoms with Crippen molar-refractivity contribution in [2.75, 3.05) is 24.3 Å². The minimum Gasteiger partial charge on any atom is -0.495 e. The summed E-state index contributed by atoms with van der Waals surface area (Å²) in [6.45, 7) is 2.76. The standard InChI is InChI=1S/C29H29N3O3/c1-21-10-12-22(13-11-21)14-16-25-9-6-18-32(25)28(33)20-23-15-17-26(27(19-23)35-2)31-29(34)30-24-7-4-3-5-8-24/h3-5,7-8,10-13,15,17,19,25H,6,9,18,20H2,1-2H3,(H2,30,31,34). The van der Waals surface area contributed by atoms with Crippen LogP contribution in [0.1, 0.15) is 29.5 Å². The lowest BCUT2D eigenvalue weighted by Gasteiger charge is -2.21. The van der Waals surface area contributed by atoms with E-state index in [1.807, 2.05) is 72.5 Å². The van der Waals surface area contributed by atoms with Crippen LogP contribution in [0.2, 0.25) is 0 Å². The molecule has 1 fully saturated rings. The van der Waals surface area contributed by atoms with Crippen molar-refractivity contribution >= 4 is 23.3 Å². The Morgan fingerprint density at radius 3 is 2.54 bits per heavy atom. The predicted octanol–water partition coefficient (Wildman–Crippen LogP) is 5.23. The van der Waals surface area contributed by atoms with E-state index in [0.29, 0.717) is 23.7 Å². The lowest BCUT2D eigenvalue weighted by molar-refractivity contribution is -0.130. The topological polar surface area (TPSA) is 70.7 Å². The third kappa shape index (κ3) is 6.42. The Kier molecular flexibility index (Phi) is 7.69. The normalized spacial score (nSPS) is 14.6. The summed E-state index contributed by atoms with van der Waals surface area (Å²) in [6, 6.07) is 22.2. The summed E-state index contributed by atoms with van der Waals surface area (Å²) in [7, 11) is 1.54. The zero-order valence-electron chi connectivity index (χ0n) is 20.0. The number of benzene rings is 3. The minimum atomic E-state index is -0.370. The fraction of sp³-hybridized carbons (Fsp3) is 0.241. The van der Waals surface area contributed by atoms with Crippen LogP contribution in [0.25, 0.3) is 0 Å². The molecule has 3 aromatic carbocycles. The second-order valence-electron chi connectivity index (χ2n) is 8.54. The maximum Gasteiger partial charge on any atom is 0.323 e. The molecule has 0 radical (unpaired) electrons. The first-order valence-electron chi connectivity index (χ1n) is 11.7. The van der Waals surface area contributed by atoms with Crippen molar-refractivity contribution in [3.63, 3.8) is 0 Å². The number of rotatable bonds is 5. The molecule has 0 aromatic heterocycles. The van der Waals surface area contributed by atoms with Gasteiger partial charge < -0.3 is 20.3 Å². The van der Waals surface area contributed by atoms with Crippen molar-refractivity contribution in [1.82, 2.24) is 4.90 Å². The molecule has 6 nitrogen and oxygen atoms in total. The molecule has 0 saturated carbocycles. The summed E-state index contributed by atoms with van der Waals surface area (Å²) >= 11 is 0. The maximum absolute atomic E-state index is 13.1. The number of amides is 3. The summed E-state index contributed by atoms with van der Waals surface area (Å²) in [5.74, 6) is 7.03. The van der Waals surface area contributed by atoms with Crippen LogP contribution in [-0.4, -0.2) is 36.5 Å². The Hall–Kier alpha value is -4.24. The second kappa shape index (κ2) is 11.3. The number of carbonyl (C=O) groups is 2. The first-order chi connectivity index (χ1) is 17.0. The van der Waals surface area contributed by atoms with Crippen molar-refractivity contribution in [2.45, 2.75) is 32.2 Å². The van der Waals surface area contributed by atoms with E-state index in [0.717, 1.165) is 24.0 Å². The third-order valence-corrected chi connectivity index (χ3v) is 5.91. The van der Waals surface area contributed by atoms with Gasteiger partial charge in [0.05, 0.1) is 25.3 Å². The van der Waals surface area contributed by atoms with E-state index < -0.39 is 0 Å². The van der Waals surface area contributed by atoms with Crippen molar-refractivity contribution in [2.24, 2.45) is 0 Å². The van der Waals surface area contributed by atoms with Crippen molar-refractivity contribution in [1.29, 1.82) is 0 Å². The highest BCUT2D eigenvalue weighted by Gasteiger charge is 2.27. The number of hydrogen-bond acceptors (Lipinski definition) is 3. The van der Waals surface area contributed by atoms with Gasteiger partial charge in [0, 0.05) is 17.8 Å². The zero-order chi connectivity index (χ0) is 24.6. The van der Waals surface area contributed by atoms with Crippen molar-refractivity contribution < 1.29 is 14.3 Å². The van der Waals surface area contributed by atoms with Crippen molar-refractivity contribution in [3.8, 4) is 17.6 Å². The van der Waals surface area contributed by atoms with Crippen LogP contribution in [0.15, 0.2) is 72.8 Å². The van der Waals surface area contributed by atoms with Gasteiger partial charge >= 0.3 is 6.03 Å². The van der Waals surface area contributed by atoms with Gasteiger partial charge in [0.1, 0.15) is 5.75 Å². The molecule has 1 atom stereocenters. The predicted molar refractivity (Wildman–Crippen MR) is 139 cm³/mol. The van der Waals surface area contributed by atoms with Gasteiger partial charge in [-0.15, -0.1) is 0 Å². The highest BCUT2D eigenvalue weighted by molar-refractivity contribution is 6.00. The molecule has 6 heteroatoms. The lowest BCUT2D eigenvalue weighted by Crippen LogP contribution is -2.35. The van der Waals surface area contributed by atoms with Crippen LogP contribution in [0.4, 0.5) is 16.2 Å². The van der Waals surface area contributed by atoms with Gasteiger partial charge in [0.15, 0.2) is 0 Å². The smallest absolute Gasteiger partial charge is 0.323 e. The molecule has 35 heavy (non-hydrogen) atoms. The highest BCUT2D eigenvalue weighted by atomic mass is 16.5. The summed E-state index contributed by atoms with van der Waals surface area (Å²) in [6.07, 6.45) is 2.07. The maximum atomic E-state index is 13.1. The number of methoxy groups -OCH3 is 1. The monoisotopic (exact) mass is 467 g/mol. The third-order valence-electron chi connectivity index (χ3n) is 5.91. The molecule has 4 rings (SSSR count). The average molecular weight is 468 g/mol. The van der Waals surface area contributed by atoms with Crippen LogP contribution < -0.4 is 15.4 Å². The minimum absolute atomic E-state index is 0.0373. The van der Waals surface area contributed by atoms with Crippen LogP contribution >= 0.6 is 0 Å². The van der Waals surface area contributed by atoms with E-state index in [-0.39, 0.29) is 24.4 Å². The van der Waals surface area contributed by atoms with Crippen molar-refractivity contribution in [3.05, 3.63) is 89.5 Å². The molecule has 2 N–H and O–H groups in total. The van der Waals surface area contributed by atoms with E-state index in [1.165, 1.54) is 5.56 Å². The first kappa shape index (κ1) is 23.9. The number of urea groups is 1. The number of para-hydroxylation sites is 1. The summed E-state index contributed by atoms with van der Waals surface area (Å²) in [4.78, 5) is 27.3. The Morgan fingerprint density at radius 1 is 1.03 bits per heavy atom. The zero-order valence-corrected chi connectivity index (χ0v) is 20.0. The number of nitrogens with one attached hydrogen (secondary N) is 2. The lowest BCUT2D eigenvalue weighted by atomic mass is 10.1. The van der Waals surface area contributed by atoms with E-state index in [2.05, 4.69) is 22.5 Å². The van der Waals surface area contributed by atoms with E-state index in [4.69, 9.17) is 4.74 Å². The van der Waals surface area contributed by atoms with Gasteiger partial charge in [-0.25, -0.2) is 4.79 Å².